The van der Waals surface area contributed by atoms with Crippen molar-refractivity contribution >= 4 is 5.91 Å². The molecular formula is C15H23N3O2. The molecule has 5 nitrogen and oxygen atoms in total. The van der Waals surface area contributed by atoms with E-state index in [4.69, 9.17) is 4.74 Å². The number of aromatic nitrogens is 2. The molecule has 20 heavy (non-hydrogen) atoms. The van der Waals surface area contributed by atoms with E-state index in [1.54, 1.807) is 0 Å². The lowest BCUT2D eigenvalue weighted by Crippen LogP contribution is -2.29. The summed E-state index contributed by atoms with van der Waals surface area (Å²) in [6.45, 7) is 2.86. The van der Waals surface area contributed by atoms with Gasteiger partial charge in [0, 0.05) is 30.6 Å². The number of nitrogens with zero attached hydrogens (tertiary/aromatic N) is 2. The summed E-state index contributed by atoms with van der Waals surface area (Å²) in [6.07, 6.45) is 8.53. The lowest BCUT2D eigenvalue weighted by Gasteiger charge is -2.15. The Kier molecular flexibility index (Phi) is 4.35. The van der Waals surface area contributed by atoms with Crippen molar-refractivity contribution in [3.05, 3.63) is 17.5 Å². The number of carbonyl (C=O) groups excluding carboxylic acids is 1. The molecular weight excluding hydrogens is 254 g/mol. The van der Waals surface area contributed by atoms with Crippen molar-refractivity contribution in [1.82, 2.24) is 15.1 Å². The summed E-state index contributed by atoms with van der Waals surface area (Å²) >= 11 is 0. The van der Waals surface area contributed by atoms with E-state index in [1.165, 1.54) is 36.9 Å². The van der Waals surface area contributed by atoms with Crippen molar-refractivity contribution in [1.29, 1.82) is 0 Å². The number of hydrogen-bond donors (Lipinski definition) is 1. The van der Waals surface area contributed by atoms with Crippen molar-refractivity contribution in [2.24, 2.45) is 5.92 Å². The molecule has 3 rings (SSSR count). The minimum atomic E-state index is 0.196. The quantitative estimate of drug-likeness (QED) is 0.890. The summed E-state index contributed by atoms with van der Waals surface area (Å²) in [5.74, 6) is 0.811. The van der Waals surface area contributed by atoms with Crippen LogP contribution in [0.1, 0.15) is 43.4 Å². The Morgan fingerprint density at radius 2 is 2.30 bits per heavy atom. The Morgan fingerprint density at radius 1 is 1.45 bits per heavy atom. The van der Waals surface area contributed by atoms with Gasteiger partial charge in [0.2, 0.25) is 5.91 Å². The molecule has 1 aromatic rings. The Hall–Kier alpha value is -1.36. The van der Waals surface area contributed by atoms with Crippen LogP contribution in [-0.2, 0) is 29.1 Å². The van der Waals surface area contributed by atoms with Crippen LogP contribution in [0.3, 0.4) is 0 Å². The van der Waals surface area contributed by atoms with Gasteiger partial charge < -0.3 is 10.1 Å². The number of rotatable bonds is 5. The predicted octanol–water partition coefficient (Wildman–Crippen LogP) is 1.65. The van der Waals surface area contributed by atoms with Crippen molar-refractivity contribution in [3.63, 3.8) is 0 Å². The smallest absolute Gasteiger partial charge is 0.220 e. The average Bonchev–Trinajstić information content (AvgIpc) is 3.09. The molecule has 1 saturated carbocycles. The van der Waals surface area contributed by atoms with Gasteiger partial charge >= 0.3 is 0 Å². The highest BCUT2D eigenvalue weighted by molar-refractivity contribution is 5.76. The monoisotopic (exact) mass is 277 g/mol. The summed E-state index contributed by atoms with van der Waals surface area (Å²) < 4.78 is 7.41. The van der Waals surface area contributed by atoms with Crippen LogP contribution >= 0.6 is 0 Å². The van der Waals surface area contributed by atoms with E-state index in [-0.39, 0.29) is 5.91 Å². The second kappa shape index (κ2) is 6.39. The van der Waals surface area contributed by atoms with Crippen molar-refractivity contribution < 1.29 is 9.53 Å². The molecule has 1 aliphatic carbocycles. The summed E-state index contributed by atoms with van der Waals surface area (Å²) in [7, 11) is 0. The zero-order valence-electron chi connectivity index (χ0n) is 11.9. The van der Waals surface area contributed by atoms with Crippen molar-refractivity contribution in [2.45, 2.75) is 51.7 Å². The normalized spacial score (nSPS) is 19.0. The van der Waals surface area contributed by atoms with Gasteiger partial charge in [-0.2, -0.15) is 5.10 Å². The van der Waals surface area contributed by atoms with E-state index in [9.17, 15) is 4.79 Å². The summed E-state index contributed by atoms with van der Waals surface area (Å²) in [4.78, 5) is 11.9. The molecule has 0 spiro atoms. The summed E-state index contributed by atoms with van der Waals surface area (Å²) in [5.41, 5.74) is 2.45. The van der Waals surface area contributed by atoms with Gasteiger partial charge in [0.25, 0.3) is 0 Å². The lowest BCUT2D eigenvalue weighted by molar-refractivity contribution is -0.122. The number of amides is 1. The van der Waals surface area contributed by atoms with E-state index in [2.05, 4.69) is 10.4 Å². The van der Waals surface area contributed by atoms with Gasteiger partial charge in [-0.25, -0.2) is 0 Å². The molecule has 0 bridgehead atoms. The largest absolute Gasteiger partial charge is 0.376 e. The fraction of sp³-hybridized carbons (Fsp3) is 0.733. The third-order valence-electron chi connectivity index (χ3n) is 4.37. The van der Waals surface area contributed by atoms with E-state index < -0.39 is 0 Å². The summed E-state index contributed by atoms with van der Waals surface area (Å²) in [5, 5.41) is 7.41. The number of fused-ring (bicyclic) bond motifs is 1. The molecule has 0 unspecified atom stereocenters. The molecule has 0 saturated heterocycles. The van der Waals surface area contributed by atoms with Gasteiger partial charge in [0.15, 0.2) is 0 Å². The number of hydrogen-bond acceptors (Lipinski definition) is 3. The molecule has 1 aliphatic heterocycles. The molecule has 0 aromatic carbocycles. The van der Waals surface area contributed by atoms with E-state index in [0.29, 0.717) is 25.5 Å². The second-order valence-electron chi connectivity index (χ2n) is 5.85. The average molecular weight is 277 g/mol. The van der Waals surface area contributed by atoms with E-state index in [0.717, 1.165) is 19.6 Å². The van der Waals surface area contributed by atoms with Crippen LogP contribution in [0, 0.1) is 5.92 Å². The van der Waals surface area contributed by atoms with Gasteiger partial charge in [0.1, 0.15) is 0 Å². The van der Waals surface area contributed by atoms with Gasteiger partial charge in [-0.15, -0.1) is 0 Å². The molecule has 110 valence electrons. The fourth-order valence-electron chi connectivity index (χ4n) is 3.25. The zero-order chi connectivity index (χ0) is 13.8. The minimum Gasteiger partial charge on any atom is -0.376 e. The van der Waals surface area contributed by atoms with Crippen LogP contribution in [-0.4, -0.2) is 28.8 Å². The van der Waals surface area contributed by atoms with Gasteiger partial charge in [-0.1, -0.05) is 12.8 Å². The molecule has 1 N–H and O–H groups in total. The molecule has 0 radical (unpaired) electrons. The fourth-order valence-corrected chi connectivity index (χ4v) is 3.25. The van der Waals surface area contributed by atoms with Gasteiger partial charge in [0.05, 0.1) is 26.0 Å². The topological polar surface area (TPSA) is 56.2 Å². The third kappa shape index (κ3) is 3.20. The molecule has 2 aliphatic rings. The number of nitrogens with one attached hydrogen (secondary N) is 1. The number of ether oxygens (including phenoxy) is 1. The molecule has 1 amide bonds. The maximum atomic E-state index is 11.9. The molecule has 2 heterocycles. The van der Waals surface area contributed by atoms with Crippen LogP contribution in [0.5, 0.6) is 0 Å². The zero-order valence-corrected chi connectivity index (χ0v) is 11.9. The lowest BCUT2D eigenvalue weighted by atomic mass is 10.0. The van der Waals surface area contributed by atoms with Gasteiger partial charge in [-0.3, -0.25) is 9.48 Å². The van der Waals surface area contributed by atoms with Crippen molar-refractivity contribution in [2.75, 3.05) is 13.2 Å². The highest BCUT2D eigenvalue weighted by atomic mass is 16.5. The first-order valence-corrected chi connectivity index (χ1v) is 7.71. The highest BCUT2D eigenvalue weighted by Crippen LogP contribution is 2.27. The molecule has 1 aromatic heterocycles. The van der Waals surface area contributed by atoms with Crippen LogP contribution < -0.4 is 5.32 Å². The minimum absolute atomic E-state index is 0.196. The Morgan fingerprint density at radius 3 is 3.15 bits per heavy atom. The second-order valence-corrected chi connectivity index (χ2v) is 5.85. The third-order valence-corrected chi connectivity index (χ3v) is 4.37. The van der Waals surface area contributed by atoms with E-state index in [1.807, 2.05) is 10.9 Å². The Labute approximate surface area is 119 Å². The first kappa shape index (κ1) is 13.6. The maximum Gasteiger partial charge on any atom is 0.220 e. The van der Waals surface area contributed by atoms with Gasteiger partial charge in [-0.05, 0) is 18.8 Å². The van der Waals surface area contributed by atoms with Crippen LogP contribution in [0.4, 0.5) is 0 Å². The van der Waals surface area contributed by atoms with E-state index >= 15 is 0 Å². The molecule has 1 fully saturated rings. The Balaban J connectivity index is 1.43. The maximum absolute atomic E-state index is 11.9. The molecule has 5 heteroatoms. The number of carbonyl (C=O) groups is 1. The van der Waals surface area contributed by atoms with Crippen molar-refractivity contribution in [3.8, 4) is 0 Å². The molecule has 0 atom stereocenters. The predicted molar refractivity (Wildman–Crippen MR) is 75.2 cm³/mol. The standard InChI is InChI=1S/C15H23N3O2/c19-15(9-12-3-1-2-4-12)16-6-7-18-14-5-8-20-11-13(14)10-17-18/h10,12H,1-9,11H2,(H,16,19). The summed E-state index contributed by atoms with van der Waals surface area (Å²) in [6, 6.07) is 0. The Bertz CT molecular complexity index is 464. The van der Waals surface area contributed by atoms with Crippen LogP contribution in [0.25, 0.3) is 0 Å². The van der Waals surface area contributed by atoms with Crippen LogP contribution in [0.2, 0.25) is 0 Å². The first-order valence-electron chi connectivity index (χ1n) is 7.71. The SMILES string of the molecule is O=C(CC1CCCC1)NCCn1ncc2c1CCOC2. The highest BCUT2D eigenvalue weighted by Gasteiger charge is 2.18. The van der Waals surface area contributed by atoms with Crippen LogP contribution in [0.15, 0.2) is 6.20 Å². The first-order chi connectivity index (χ1) is 9.83.